The summed E-state index contributed by atoms with van der Waals surface area (Å²) in [5, 5.41) is 3.05. The first-order valence-electron chi connectivity index (χ1n) is 33.9. The predicted molar refractivity (Wildman–Crippen MR) is 360 cm³/mol. The van der Waals surface area contributed by atoms with E-state index in [0.717, 1.165) is 128 Å². The number of esters is 1. The molecule has 0 aliphatic heterocycles. The number of ether oxygens (including phenoxy) is 1. The third-order valence-corrected chi connectivity index (χ3v) is 15.4. The summed E-state index contributed by atoms with van der Waals surface area (Å²) in [6.07, 6.45) is 86.2. The average Bonchev–Trinajstić information content (AvgIpc) is 3.46. The third-order valence-electron chi connectivity index (χ3n) is 14.4. The van der Waals surface area contributed by atoms with Crippen LogP contribution in [0.15, 0.2) is 122 Å². The Bertz CT molecular complexity index is 1830. The van der Waals surface area contributed by atoms with Crippen molar-refractivity contribution in [1.29, 1.82) is 0 Å². The Labute approximate surface area is 512 Å². The molecule has 0 saturated heterocycles. The number of quaternary nitrogens is 1. The van der Waals surface area contributed by atoms with Crippen molar-refractivity contribution in [3.05, 3.63) is 122 Å². The van der Waals surface area contributed by atoms with Crippen LogP contribution in [0.25, 0.3) is 0 Å². The van der Waals surface area contributed by atoms with Crippen molar-refractivity contribution in [1.82, 2.24) is 5.32 Å². The van der Waals surface area contributed by atoms with Gasteiger partial charge < -0.3 is 19.4 Å². The summed E-state index contributed by atoms with van der Waals surface area (Å²) in [6.45, 7) is 6.85. The highest BCUT2D eigenvalue weighted by atomic mass is 31.2. The van der Waals surface area contributed by atoms with Crippen molar-refractivity contribution in [2.45, 2.75) is 290 Å². The molecule has 0 aliphatic carbocycles. The van der Waals surface area contributed by atoms with Crippen LogP contribution in [0.1, 0.15) is 278 Å². The first-order valence-corrected chi connectivity index (χ1v) is 35.4. The van der Waals surface area contributed by atoms with E-state index in [4.69, 9.17) is 13.8 Å². The summed E-state index contributed by atoms with van der Waals surface area (Å²) in [4.78, 5) is 37.9. The van der Waals surface area contributed by atoms with Crippen molar-refractivity contribution < 1.29 is 37.3 Å². The van der Waals surface area contributed by atoms with Crippen LogP contribution in [0.4, 0.5) is 0 Å². The maximum atomic E-state index is 13.6. The van der Waals surface area contributed by atoms with Crippen LogP contribution < -0.4 is 5.32 Å². The van der Waals surface area contributed by atoms with E-state index >= 15 is 0 Å². The van der Waals surface area contributed by atoms with Crippen LogP contribution >= 0.6 is 7.82 Å². The third kappa shape index (κ3) is 62.8. The molecule has 0 heterocycles. The Balaban J connectivity index is 5.27. The average molecular weight is 1180 g/mol. The standard InChI is InChI=1S/C73H127N2O7P/c1-7-10-13-16-19-22-25-28-30-32-34-36-37-39-40-42-44-47-50-53-56-59-62-65-72(76)74-70(69-81-83(78,79)80-68-67-75(4,5)6)71(64-61-58-55-52-49-46-27-24-21-18-15-12-9-3)82-73(77)66-63-60-57-54-51-48-45-43-41-38-35-33-31-29-26-23-20-17-14-11-8-2/h10,13,19-20,22-23,28-31,34-36,38-40,44,47,61,64,70-71H,7-9,11-12,14-18,21,24-27,32-33,37,41-43,45-46,48-60,62-63,65-69H2,1-6H3,(H-,74,76,78,79)/p+1/b13-10-,22-19-,23-20-,30-28-,31-29-,36-34-,38-35-,40-39-,47-44-,64-61+. The molecule has 1 amide bonds. The molecule has 9 nitrogen and oxygen atoms in total. The van der Waals surface area contributed by atoms with Gasteiger partial charge in [-0.15, -0.1) is 0 Å². The van der Waals surface area contributed by atoms with Gasteiger partial charge in [0, 0.05) is 12.8 Å². The van der Waals surface area contributed by atoms with E-state index in [1.54, 1.807) is 0 Å². The molecule has 0 spiro atoms. The van der Waals surface area contributed by atoms with Crippen LogP contribution in [0.5, 0.6) is 0 Å². The van der Waals surface area contributed by atoms with Gasteiger partial charge in [0.2, 0.25) is 5.91 Å². The van der Waals surface area contributed by atoms with Gasteiger partial charge in [0.1, 0.15) is 19.3 Å². The maximum absolute atomic E-state index is 13.6. The van der Waals surface area contributed by atoms with Gasteiger partial charge in [-0.1, -0.05) is 265 Å². The summed E-state index contributed by atoms with van der Waals surface area (Å²) in [5.41, 5.74) is 0. The smallest absolute Gasteiger partial charge is 0.456 e. The molecule has 476 valence electrons. The quantitative estimate of drug-likeness (QED) is 0.0205. The number of unbranched alkanes of at least 4 members (excludes halogenated alkanes) is 26. The molecule has 0 aliphatic rings. The molecule has 0 aromatic rings. The largest absolute Gasteiger partial charge is 0.472 e. The van der Waals surface area contributed by atoms with Crippen molar-refractivity contribution in [2.75, 3.05) is 40.9 Å². The zero-order valence-corrected chi connectivity index (χ0v) is 55.3. The minimum atomic E-state index is -4.47. The van der Waals surface area contributed by atoms with Gasteiger partial charge in [-0.2, -0.15) is 0 Å². The zero-order valence-electron chi connectivity index (χ0n) is 54.4. The normalized spacial score (nSPS) is 14.3. The second-order valence-corrected chi connectivity index (χ2v) is 25.1. The van der Waals surface area contributed by atoms with Gasteiger partial charge in [0.05, 0.1) is 33.8 Å². The van der Waals surface area contributed by atoms with E-state index in [0.29, 0.717) is 23.9 Å². The van der Waals surface area contributed by atoms with E-state index in [1.807, 2.05) is 33.3 Å². The van der Waals surface area contributed by atoms with Crippen LogP contribution in [-0.2, 0) is 27.9 Å². The number of rotatable bonds is 60. The molecule has 0 radical (unpaired) electrons. The molecule has 0 aromatic heterocycles. The molecule has 10 heteroatoms. The van der Waals surface area contributed by atoms with Gasteiger partial charge in [0.25, 0.3) is 0 Å². The topological polar surface area (TPSA) is 111 Å². The molecule has 83 heavy (non-hydrogen) atoms. The van der Waals surface area contributed by atoms with Crippen molar-refractivity contribution in [3.63, 3.8) is 0 Å². The molecule has 2 N–H and O–H groups in total. The SMILES string of the molecule is CC/C=C\C/C=C\C/C=C\C/C=C\C/C=C\C/C=C\CCCCCCC(=O)NC(COP(=O)(O)OCC[N+](C)(C)C)C(/C=C/CCCCCCCCCCCCC)OC(=O)CCCCCCCCCC/C=C\C/C=C\C/C=C\CCCCC. The molecule has 0 aromatic carbocycles. The van der Waals surface area contributed by atoms with Crippen LogP contribution in [0.3, 0.4) is 0 Å². The molecule has 0 bridgehead atoms. The molecule has 0 rings (SSSR count). The Morgan fingerprint density at radius 1 is 0.434 bits per heavy atom. The number of carbonyl (C=O) groups excluding carboxylic acids is 2. The fraction of sp³-hybridized carbons (Fsp3) is 0.699. The molecule has 0 fully saturated rings. The number of phosphoric ester groups is 1. The Morgan fingerprint density at radius 3 is 1.18 bits per heavy atom. The molecule has 0 saturated carbocycles. The second kappa shape index (κ2) is 61.5. The Kier molecular flexibility index (Phi) is 58.8. The lowest BCUT2D eigenvalue weighted by atomic mass is 10.0. The number of phosphoric acid groups is 1. The van der Waals surface area contributed by atoms with Gasteiger partial charge in [-0.3, -0.25) is 18.6 Å². The highest BCUT2D eigenvalue weighted by molar-refractivity contribution is 7.47. The first-order chi connectivity index (χ1) is 40.4. The maximum Gasteiger partial charge on any atom is 0.472 e. The van der Waals surface area contributed by atoms with Crippen molar-refractivity contribution in [2.24, 2.45) is 0 Å². The number of nitrogens with zero attached hydrogens (tertiary/aromatic N) is 1. The lowest BCUT2D eigenvalue weighted by Gasteiger charge is -2.27. The van der Waals surface area contributed by atoms with Gasteiger partial charge in [0.15, 0.2) is 0 Å². The lowest BCUT2D eigenvalue weighted by Crippen LogP contribution is -2.47. The van der Waals surface area contributed by atoms with Gasteiger partial charge >= 0.3 is 13.8 Å². The molecule has 3 unspecified atom stereocenters. The Morgan fingerprint density at radius 2 is 0.771 bits per heavy atom. The van der Waals surface area contributed by atoms with E-state index in [1.165, 1.54) is 109 Å². The minimum absolute atomic E-state index is 0.0273. The van der Waals surface area contributed by atoms with Crippen molar-refractivity contribution >= 4 is 19.7 Å². The number of hydrogen-bond donors (Lipinski definition) is 2. The number of likely N-dealkylation sites (N-methyl/N-ethyl adjacent to an activating group) is 1. The second-order valence-electron chi connectivity index (χ2n) is 23.6. The van der Waals surface area contributed by atoms with Crippen molar-refractivity contribution in [3.8, 4) is 0 Å². The van der Waals surface area contributed by atoms with Gasteiger partial charge in [-0.25, -0.2) is 4.57 Å². The van der Waals surface area contributed by atoms with E-state index in [9.17, 15) is 19.0 Å². The summed E-state index contributed by atoms with van der Waals surface area (Å²) in [5.74, 6) is -0.546. The number of carbonyl (C=O) groups is 2. The lowest BCUT2D eigenvalue weighted by molar-refractivity contribution is -0.870. The van der Waals surface area contributed by atoms with E-state index < -0.39 is 20.0 Å². The monoisotopic (exact) mass is 1180 g/mol. The number of nitrogens with one attached hydrogen (secondary N) is 1. The molecular weight excluding hydrogens is 1050 g/mol. The number of allylic oxidation sites excluding steroid dienone is 19. The summed E-state index contributed by atoms with van der Waals surface area (Å²) in [6, 6.07) is -0.875. The summed E-state index contributed by atoms with van der Waals surface area (Å²) >= 11 is 0. The fourth-order valence-electron chi connectivity index (χ4n) is 9.19. The molecule has 3 atom stereocenters. The Hall–Kier alpha value is -3.59. The van der Waals surface area contributed by atoms with Crippen LogP contribution in [0, 0.1) is 0 Å². The van der Waals surface area contributed by atoms with Crippen LogP contribution in [0.2, 0.25) is 0 Å². The molecular formula is C73H128N2O7P+. The van der Waals surface area contributed by atoms with E-state index in [2.05, 4.69) is 135 Å². The minimum Gasteiger partial charge on any atom is -0.456 e. The number of hydrogen-bond acceptors (Lipinski definition) is 6. The fourth-order valence-corrected chi connectivity index (χ4v) is 9.92. The highest BCUT2D eigenvalue weighted by Crippen LogP contribution is 2.43. The zero-order chi connectivity index (χ0) is 60.7. The highest BCUT2D eigenvalue weighted by Gasteiger charge is 2.30. The van der Waals surface area contributed by atoms with E-state index in [-0.39, 0.29) is 31.5 Å². The summed E-state index contributed by atoms with van der Waals surface area (Å²) in [7, 11) is 1.46. The first kappa shape index (κ1) is 79.4. The summed E-state index contributed by atoms with van der Waals surface area (Å²) < 4.78 is 30.8. The number of amides is 1. The predicted octanol–water partition coefficient (Wildman–Crippen LogP) is 21.4. The van der Waals surface area contributed by atoms with Gasteiger partial charge in [-0.05, 0) is 122 Å². The van der Waals surface area contributed by atoms with Crippen LogP contribution in [-0.4, -0.2) is 74.3 Å².